The summed E-state index contributed by atoms with van der Waals surface area (Å²) in [5, 5.41) is 19.7. The molecule has 0 spiro atoms. The van der Waals surface area contributed by atoms with Crippen molar-refractivity contribution in [3.8, 4) is 11.8 Å². The first-order chi connectivity index (χ1) is 7.61. The molecule has 0 amide bonds. The second-order valence-corrected chi connectivity index (χ2v) is 3.61. The van der Waals surface area contributed by atoms with E-state index < -0.39 is 4.92 Å². The first-order valence-corrected chi connectivity index (χ1v) is 4.71. The van der Waals surface area contributed by atoms with Gasteiger partial charge in [0.25, 0.3) is 0 Å². The molecular weight excluding hydrogens is 232 g/mol. The van der Waals surface area contributed by atoms with Crippen LogP contribution in [-0.4, -0.2) is 11.5 Å². The average Bonchev–Trinajstić information content (AvgIpc) is 2.26. The van der Waals surface area contributed by atoms with Gasteiger partial charge in [0.15, 0.2) is 0 Å². The summed E-state index contributed by atoms with van der Waals surface area (Å²) in [6, 6.07) is 4.69. The Hall–Kier alpha value is -2.06. The first kappa shape index (κ1) is 10.5. The van der Waals surface area contributed by atoms with Gasteiger partial charge < -0.3 is 4.74 Å². The molecule has 0 radical (unpaired) electrons. The van der Waals surface area contributed by atoms with Crippen molar-refractivity contribution in [2.24, 2.45) is 0 Å². The summed E-state index contributed by atoms with van der Waals surface area (Å²) in [4.78, 5) is 10.2. The zero-order valence-electron chi connectivity index (χ0n) is 7.94. The van der Waals surface area contributed by atoms with Crippen molar-refractivity contribution in [3.63, 3.8) is 0 Å². The second-order valence-electron chi connectivity index (χ2n) is 3.17. The SMILES string of the molecule is N#CC1=Cc2cc(Cl)cc([N+](=O)[O-])c2OC1. The summed E-state index contributed by atoms with van der Waals surface area (Å²) >= 11 is 5.74. The number of nitro benzene ring substituents is 1. The highest BCUT2D eigenvalue weighted by atomic mass is 35.5. The van der Waals surface area contributed by atoms with Gasteiger partial charge >= 0.3 is 5.69 Å². The van der Waals surface area contributed by atoms with Crippen LogP contribution in [0.1, 0.15) is 5.56 Å². The van der Waals surface area contributed by atoms with Crippen molar-refractivity contribution in [3.05, 3.63) is 38.4 Å². The Morgan fingerprint density at radius 2 is 2.31 bits per heavy atom. The van der Waals surface area contributed by atoms with Gasteiger partial charge in [-0.25, -0.2) is 0 Å². The predicted octanol–water partition coefficient (Wildman–Crippen LogP) is 2.55. The largest absolute Gasteiger partial charge is 0.481 e. The van der Waals surface area contributed by atoms with E-state index in [1.807, 2.05) is 6.07 Å². The van der Waals surface area contributed by atoms with E-state index in [1.54, 1.807) is 0 Å². The van der Waals surface area contributed by atoms with E-state index in [0.717, 1.165) is 0 Å². The highest BCUT2D eigenvalue weighted by Crippen LogP contribution is 2.37. The second kappa shape index (κ2) is 3.83. The van der Waals surface area contributed by atoms with Crippen LogP contribution in [0.3, 0.4) is 0 Å². The van der Waals surface area contributed by atoms with Crippen LogP contribution in [0, 0.1) is 21.4 Å². The minimum absolute atomic E-state index is 0.0476. The van der Waals surface area contributed by atoms with E-state index in [1.165, 1.54) is 18.2 Å². The van der Waals surface area contributed by atoms with E-state index in [4.69, 9.17) is 21.6 Å². The van der Waals surface area contributed by atoms with Crippen LogP contribution in [0.15, 0.2) is 17.7 Å². The molecular formula is C10H5ClN2O3. The molecule has 0 atom stereocenters. The van der Waals surface area contributed by atoms with Gasteiger partial charge in [0, 0.05) is 16.7 Å². The molecule has 5 nitrogen and oxygen atoms in total. The molecule has 16 heavy (non-hydrogen) atoms. The summed E-state index contributed by atoms with van der Waals surface area (Å²) in [5.74, 6) is 0.161. The van der Waals surface area contributed by atoms with Crippen LogP contribution in [0.4, 0.5) is 5.69 Å². The molecule has 1 heterocycles. The Bertz CT molecular complexity index is 546. The van der Waals surface area contributed by atoms with Crippen molar-refractivity contribution in [1.82, 2.24) is 0 Å². The number of nitro groups is 1. The number of hydrogen-bond donors (Lipinski definition) is 0. The minimum atomic E-state index is -0.560. The van der Waals surface area contributed by atoms with E-state index in [2.05, 4.69) is 0 Å². The van der Waals surface area contributed by atoms with Gasteiger partial charge in [-0.15, -0.1) is 0 Å². The Kier molecular flexibility index (Phi) is 2.50. The number of ether oxygens (including phenoxy) is 1. The Morgan fingerprint density at radius 3 is 2.94 bits per heavy atom. The average molecular weight is 237 g/mol. The van der Waals surface area contributed by atoms with Gasteiger partial charge in [0.2, 0.25) is 5.75 Å². The first-order valence-electron chi connectivity index (χ1n) is 4.33. The Balaban J connectivity index is 2.64. The minimum Gasteiger partial charge on any atom is -0.481 e. The van der Waals surface area contributed by atoms with E-state index in [-0.39, 0.29) is 23.1 Å². The highest BCUT2D eigenvalue weighted by molar-refractivity contribution is 6.31. The fourth-order valence-electron chi connectivity index (χ4n) is 1.44. The molecule has 1 aromatic carbocycles. The van der Waals surface area contributed by atoms with Crippen LogP contribution < -0.4 is 4.74 Å². The van der Waals surface area contributed by atoms with Crippen molar-refractivity contribution < 1.29 is 9.66 Å². The third-order valence-corrected chi connectivity index (χ3v) is 2.32. The lowest BCUT2D eigenvalue weighted by Gasteiger charge is -2.14. The summed E-state index contributed by atoms with van der Waals surface area (Å²) in [6.07, 6.45) is 1.54. The highest BCUT2D eigenvalue weighted by Gasteiger charge is 2.23. The van der Waals surface area contributed by atoms with Crippen LogP contribution in [-0.2, 0) is 0 Å². The predicted molar refractivity (Wildman–Crippen MR) is 57.2 cm³/mol. The maximum absolute atomic E-state index is 10.8. The molecule has 0 aromatic heterocycles. The number of nitrogens with zero attached hydrogens (tertiary/aromatic N) is 2. The molecule has 1 aliphatic heterocycles. The van der Waals surface area contributed by atoms with Crippen molar-refractivity contribution in [1.29, 1.82) is 5.26 Å². The van der Waals surface area contributed by atoms with Gasteiger partial charge in [-0.1, -0.05) is 11.6 Å². The third kappa shape index (κ3) is 1.71. The number of fused-ring (bicyclic) bond motifs is 1. The van der Waals surface area contributed by atoms with Gasteiger partial charge in [0.1, 0.15) is 6.61 Å². The maximum Gasteiger partial charge on any atom is 0.313 e. The normalized spacial score (nSPS) is 13.1. The number of halogens is 1. The van der Waals surface area contributed by atoms with E-state index in [9.17, 15) is 10.1 Å². The summed E-state index contributed by atoms with van der Waals surface area (Å²) in [6.45, 7) is 0.0476. The molecule has 0 unspecified atom stereocenters. The fraction of sp³-hybridized carbons (Fsp3) is 0.100. The molecule has 0 aliphatic carbocycles. The topological polar surface area (TPSA) is 76.2 Å². The van der Waals surface area contributed by atoms with Crippen molar-refractivity contribution in [2.75, 3.05) is 6.61 Å². The smallest absolute Gasteiger partial charge is 0.313 e. The maximum atomic E-state index is 10.8. The Labute approximate surface area is 95.7 Å². The fourth-order valence-corrected chi connectivity index (χ4v) is 1.66. The molecule has 0 fully saturated rings. The third-order valence-electron chi connectivity index (χ3n) is 2.10. The molecule has 0 bridgehead atoms. The molecule has 6 heteroatoms. The summed E-state index contributed by atoms with van der Waals surface area (Å²) in [7, 11) is 0. The monoisotopic (exact) mass is 236 g/mol. The van der Waals surface area contributed by atoms with Crippen molar-refractivity contribution in [2.45, 2.75) is 0 Å². The molecule has 1 aliphatic rings. The van der Waals surface area contributed by atoms with Crippen molar-refractivity contribution >= 4 is 23.4 Å². The summed E-state index contributed by atoms with van der Waals surface area (Å²) < 4.78 is 5.18. The number of hydrogen-bond acceptors (Lipinski definition) is 4. The Morgan fingerprint density at radius 1 is 1.56 bits per heavy atom. The lowest BCUT2D eigenvalue weighted by atomic mass is 10.1. The van der Waals surface area contributed by atoms with Gasteiger partial charge in [-0.3, -0.25) is 10.1 Å². The molecule has 80 valence electrons. The van der Waals surface area contributed by atoms with E-state index >= 15 is 0 Å². The van der Waals surface area contributed by atoms with Crippen LogP contribution in [0.2, 0.25) is 5.02 Å². The number of rotatable bonds is 1. The number of nitriles is 1. The standard InChI is InChI=1S/C10H5ClN2O3/c11-8-2-7-1-6(4-12)5-16-10(7)9(3-8)13(14)15/h1-3H,5H2. The zero-order chi connectivity index (χ0) is 11.7. The lowest BCUT2D eigenvalue weighted by molar-refractivity contribution is -0.385. The zero-order valence-corrected chi connectivity index (χ0v) is 8.69. The molecule has 0 N–H and O–H groups in total. The van der Waals surface area contributed by atoms with Gasteiger partial charge in [-0.05, 0) is 12.1 Å². The van der Waals surface area contributed by atoms with Gasteiger partial charge in [-0.2, -0.15) is 5.26 Å². The quantitative estimate of drug-likeness (QED) is 0.555. The molecule has 1 aromatic rings. The molecule has 0 saturated carbocycles. The lowest BCUT2D eigenvalue weighted by Crippen LogP contribution is -2.08. The van der Waals surface area contributed by atoms with Crippen LogP contribution in [0.5, 0.6) is 5.75 Å². The van der Waals surface area contributed by atoms with Gasteiger partial charge in [0.05, 0.1) is 16.6 Å². The van der Waals surface area contributed by atoms with Crippen LogP contribution >= 0.6 is 11.6 Å². The number of benzene rings is 1. The summed E-state index contributed by atoms with van der Waals surface area (Å²) in [5.41, 5.74) is 0.682. The van der Waals surface area contributed by atoms with Crippen LogP contribution in [0.25, 0.3) is 6.08 Å². The van der Waals surface area contributed by atoms with E-state index in [0.29, 0.717) is 11.1 Å². The molecule has 2 rings (SSSR count). The molecule has 0 saturated heterocycles.